The van der Waals surface area contributed by atoms with Crippen molar-refractivity contribution in [1.29, 1.82) is 0 Å². The fourth-order valence-electron chi connectivity index (χ4n) is 4.02. The summed E-state index contributed by atoms with van der Waals surface area (Å²) in [6.07, 6.45) is 10.8. The van der Waals surface area contributed by atoms with Gasteiger partial charge < -0.3 is 5.32 Å². The third-order valence-corrected chi connectivity index (χ3v) is 5.92. The first-order valence-corrected chi connectivity index (χ1v) is 11.5. The van der Waals surface area contributed by atoms with Gasteiger partial charge in [-0.25, -0.2) is 14.1 Å². The van der Waals surface area contributed by atoms with E-state index < -0.39 is 0 Å². The van der Waals surface area contributed by atoms with E-state index in [-0.39, 0.29) is 5.83 Å². The van der Waals surface area contributed by atoms with Gasteiger partial charge in [-0.15, -0.1) is 5.10 Å². The molecule has 8 nitrogen and oxygen atoms in total. The molecule has 34 heavy (non-hydrogen) atoms. The predicted molar refractivity (Wildman–Crippen MR) is 131 cm³/mol. The molecule has 1 saturated heterocycles. The van der Waals surface area contributed by atoms with Crippen LogP contribution in [0.25, 0.3) is 28.4 Å². The molecule has 174 valence electrons. The van der Waals surface area contributed by atoms with Gasteiger partial charge in [0.05, 0.1) is 36.2 Å². The first-order valence-electron chi connectivity index (χ1n) is 11.5. The highest BCUT2D eigenvalue weighted by atomic mass is 19.1. The summed E-state index contributed by atoms with van der Waals surface area (Å²) in [5.74, 6) is 1.46. The van der Waals surface area contributed by atoms with Crippen LogP contribution in [0, 0.1) is 0 Å². The fourth-order valence-corrected chi connectivity index (χ4v) is 4.02. The Morgan fingerprint density at radius 2 is 1.91 bits per heavy atom. The molecule has 4 aromatic rings. The van der Waals surface area contributed by atoms with Crippen molar-refractivity contribution >= 4 is 28.9 Å². The Morgan fingerprint density at radius 1 is 1.06 bits per heavy atom. The quantitative estimate of drug-likeness (QED) is 0.416. The van der Waals surface area contributed by atoms with Crippen LogP contribution in [0.4, 0.5) is 16.0 Å². The number of anilines is 2. The van der Waals surface area contributed by atoms with Crippen LogP contribution in [0.15, 0.2) is 54.9 Å². The Balaban J connectivity index is 1.35. The summed E-state index contributed by atoms with van der Waals surface area (Å²) in [5, 5.41) is 15.7. The molecule has 0 aromatic carbocycles. The summed E-state index contributed by atoms with van der Waals surface area (Å²) in [6, 6.07) is 7.71. The molecule has 0 radical (unpaired) electrons. The van der Waals surface area contributed by atoms with E-state index in [9.17, 15) is 4.39 Å². The first-order chi connectivity index (χ1) is 16.5. The van der Waals surface area contributed by atoms with Gasteiger partial charge in [-0.1, -0.05) is 13.8 Å². The average Bonchev–Trinajstić information content (AvgIpc) is 3.51. The van der Waals surface area contributed by atoms with Gasteiger partial charge in [0.15, 0.2) is 5.82 Å². The molecule has 1 fully saturated rings. The summed E-state index contributed by atoms with van der Waals surface area (Å²) in [5.41, 5.74) is 4.32. The lowest BCUT2D eigenvalue weighted by Gasteiger charge is -2.12. The minimum atomic E-state index is -0.199. The lowest BCUT2D eigenvalue weighted by atomic mass is 10.1. The van der Waals surface area contributed by atoms with Crippen LogP contribution in [0.2, 0.25) is 0 Å². The van der Waals surface area contributed by atoms with E-state index in [0.29, 0.717) is 24.1 Å². The molecule has 5 rings (SSSR count). The van der Waals surface area contributed by atoms with E-state index in [2.05, 4.69) is 44.3 Å². The maximum atomic E-state index is 14.4. The maximum Gasteiger partial charge on any atom is 0.154 e. The maximum absolute atomic E-state index is 14.4. The zero-order valence-corrected chi connectivity index (χ0v) is 19.3. The van der Waals surface area contributed by atoms with Crippen LogP contribution in [0.3, 0.4) is 0 Å². The number of fused-ring (bicyclic) bond motifs is 1. The summed E-state index contributed by atoms with van der Waals surface area (Å²) < 4.78 is 15.9. The number of rotatable bonds is 7. The summed E-state index contributed by atoms with van der Waals surface area (Å²) in [7, 11) is 0. The predicted octanol–water partition coefficient (Wildman–Crippen LogP) is 5.01. The van der Waals surface area contributed by atoms with E-state index in [1.165, 1.54) is 10.9 Å². The van der Waals surface area contributed by atoms with E-state index in [1.807, 2.05) is 24.3 Å². The number of nitrogens with zero attached hydrogens (tertiary/aromatic N) is 7. The van der Waals surface area contributed by atoms with Gasteiger partial charge in [-0.05, 0) is 61.7 Å². The van der Waals surface area contributed by atoms with E-state index in [4.69, 9.17) is 4.98 Å². The highest BCUT2D eigenvalue weighted by Gasteiger charge is 2.13. The lowest BCUT2D eigenvalue weighted by molar-refractivity contribution is 0.340. The molecule has 1 aliphatic rings. The first kappa shape index (κ1) is 22.1. The molecule has 0 atom stereocenters. The highest BCUT2D eigenvalue weighted by Crippen LogP contribution is 2.24. The van der Waals surface area contributed by atoms with Gasteiger partial charge in [0, 0.05) is 23.5 Å². The van der Waals surface area contributed by atoms with Crippen LogP contribution < -0.4 is 5.32 Å². The lowest BCUT2D eigenvalue weighted by Crippen LogP contribution is -2.20. The van der Waals surface area contributed by atoms with E-state index >= 15 is 0 Å². The van der Waals surface area contributed by atoms with Crippen molar-refractivity contribution in [2.24, 2.45) is 0 Å². The van der Waals surface area contributed by atoms with Gasteiger partial charge in [-0.2, -0.15) is 10.2 Å². The standard InChI is InChI=1S/C25H27FN8/c1-17(2)18-10-25(32-28-12-18)31-24-6-5-22-23(30-24)9-19(11-27-22)20-13-29-34(14-20)16-21(26)15-33-7-3-4-8-33/h5-6,9-14,16-17H,3-4,7-8,15H2,1-2H3,(H,30,31,32). The second-order valence-electron chi connectivity index (χ2n) is 8.88. The minimum Gasteiger partial charge on any atom is -0.323 e. The van der Waals surface area contributed by atoms with Crippen LogP contribution >= 0.6 is 0 Å². The average molecular weight is 459 g/mol. The molecule has 1 N–H and O–H groups in total. The van der Waals surface area contributed by atoms with Crippen molar-refractivity contribution in [2.45, 2.75) is 32.6 Å². The molecule has 5 heterocycles. The zero-order chi connectivity index (χ0) is 23.5. The molecular formula is C25H27FN8. The fraction of sp³-hybridized carbons (Fsp3) is 0.320. The highest BCUT2D eigenvalue weighted by molar-refractivity contribution is 5.81. The Labute approximate surface area is 197 Å². The number of aromatic nitrogens is 6. The van der Waals surface area contributed by atoms with E-state index in [0.717, 1.165) is 53.7 Å². The Kier molecular flexibility index (Phi) is 6.27. The third-order valence-electron chi connectivity index (χ3n) is 5.92. The Hall–Kier alpha value is -3.72. The van der Waals surface area contributed by atoms with Crippen LogP contribution in [-0.2, 0) is 0 Å². The molecule has 0 spiro atoms. The number of nitrogens with one attached hydrogen (secondary N) is 1. The molecule has 0 unspecified atom stereocenters. The minimum absolute atomic E-state index is 0.199. The molecule has 0 amide bonds. The monoisotopic (exact) mass is 458 g/mol. The molecule has 0 bridgehead atoms. The number of hydrogen-bond acceptors (Lipinski definition) is 7. The summed E-state index contributed by atoms with van der Waals surface area (Å²) >= 11 is 0. The number of halogens is 1. The van der Waals surface area contributed by atoms with Gasteiger partial charge in [0.25, 0.3) is 0 Å². The molecular weight excluding hydrogens is 431 g/mol. The van der Waals surface area contributed by atoms with Crippen LogP contribution in [-0.4, -0.2) is 54.5 Å². The van der Waals surface area contributed by atoms with Crippen LogP contribution in [0.5, 0.6) is 0 Å². The molecule has 9 heteroatoms. The second-order valence-corrected chi connectivity index (χ2v) is 8.88. The van der Waals surface area contributed by atoms with Gasteiger partial charge in [0.1, 0.15) is 11.6 Å². The number of pyridine rings is 2. The summed E-state index contributed by atoms with van der Waals surface area (Å²) in [4.78, 5) is 11.3. The van der Waals surface area contributed by atoms with Gasteiger partial charge >= 0.3 is 0 Å². The Morgan fingerprint density at radius 3 is 2.74 bits per heavy atom. The second kappa shape index (κ2) is 9.64. The van der Waals surface area contributed by atoms with Crippen molar-refractivity contribution in [3.05, 3.63) is 60.4 Å². The molecule has 4 aromatic heterocycles. The van der Waals surface area contributed by atoms with Crippen molar-refractivity contribution in [1.82, 2.24) is 34.8 Å². The third kappa shape index (κ3) is 5.09. The zero-order valence-electron chi connectivity index (χ0n) is 19.3. The van der Waals surface area contributed by atoms with Crippen molar-refractivity contribution in [3.8, 4) is 11.1 Å². The summed E-state index contributed by atoms with van der Waals surface area (Å²) in [6.45, 7) is 6.46. The van der Waals surface area contributed by atoms with Crippen molar-refractivity contribution < 1.29 is 4.39 Å². The topological polar surface area (TPSA) is 84.7 Å². The largest absolute Gasteiger partial charge is 0.323 e. The molecule has 0 aliphatic carbocycles. The van der Waals surface area contributed by atoms with Gasteiger partial charge in [-0.3, -0.25) is 9.88 Å². The molecule has 1 aliphatic heterocycles. The van der Waals surface area contributed by atoms with Crippen molar-refractivity contribution in [3.63, 3.8) is 0 Å². The van der Waals surface area contributed by atoms with Crippen LogP contribution in [0.1, 0.15) is 38.2 Å². The number of likely N-dealkylation sites (tertiary alicyclic amines) is 1. The number of hydrogen-bond donors (Lipinski definition) is 1. The van der Waals surface area contributed by atoms with Gasteiger partial charge in [0.2, 0.25) is 0 Å². The normalized spacial score (nSPS) is 14.9. The SMILES string of the molecule is CC(C)c1cnnc(Nc2ccc3ncc(-c4cnn(C=C(F)CN5CCCC5)c4)cc3n2)c1. The van der Waals surface area contributed by atoms with E-state index in [1.54, 1.807) is 24.8 Å². The Bertz CT molecular complexity index is 1320. The smallest absolute Gasteiger partial charge is 0.154 e. The van der Waals surface area contributed by atoms with Crippen molar-refractivity contribution in [2.75, 3.05) is 25.0 Å². The molecule has 0 saturated carbocycles.